The third kappa shape index (κ3) is 3.78. The quantitative estimate of drug-likeness (QED) is 0.805. The Labute approximate surface area is 125 Å². The van der Waals surface area contributed by atoms with Gasteiger partial charge in [0.2, 0.25) is 0 Å². The van der Waals surface area contributed by atoms with E-state index in [1.165, 1.54) is 31.4 Å². The minimum Gasteiger partial charge on any atom is -0.370 e. The van der Waals surface area contributed by atoms with Crippen LogP contribution in [0.2, 0.25) is 0 Å². The average Bonchev–Trinajstić information content (AvgIpc) is 3.20. The maximum absolute atomic E-state index is 4.69. The number of rotatable bonds is 7. The third-order valence-corrected chi connectivity index (χ3v) is 5.18. The lowest BCUT2D eigenvalue weighted by Crippen LogP contribution is -2.15. The molecule has 3 rings (SSSR count). The molecule has 0 bridgehead atoms. The second-order valence-corrected chi connectivity index (χ2v) is 7.12. The fourth-order valence-corrected chi connectivity index (χ4v) is 3.65. The predicted molar refractivity (Wildman–Crippen MR) is 86.8 cm³/mol. The van der Waals surface area contributed by atoms with Crippen molar-refractivity contribution in [2.45, 2.75) is 50.2 Å². The van der Waals surface area contributed by atoms with E-state index in [0.717, 1.165) is 42.2 Å². The smallest absolute Gasteiger partial charge is 0.136 e. The summed E-state index contributed by atoms with van der Waals surface area (Å²) in [5.74, 6) is 4.90. The molecule has 0 amide bonds. The van der Waals surface area contributed by atoms with Crippen LogP contribution < -0.4 is 10.6 Å². The molecule has 1 saturated heterocycles. The van der Waals surface area contributed by atoms with E-state index in [-0.39, 0.29) is 0 Å². The number of anilines is 2. The van der Waals surface area contributed by atoms with Crippen LogP contribution in [-0.4, -0.2) is 34.1 Å². The highest BCUT2D eigenvalue weighted by Crippen LogP contribution is 2.39. The van der Waals surface area contributed by atoms with Crippen LogP contribution in [0.25, 0.3) is 0 Å². The maximum Gasteiger partial charge on any atom is 0.136 e. The molecule has 1 unspecified atom stereocenters. The molecule has 0 aromatic carbocycles. The first-order chi connectivity index (χ1) is 9.85. The van der Waals surface area contributed by atoms with Gasteiger partial charge in [-0.05, 0) is 37.9 Å². The second kappa shape index (κ2) is 6.66. The van der Waals surface area contributed by atoms with Crippen molar-refractivity contribution in [1.82, 2.24) is 9.97 Å². The van der Waals surface area contributed by atoms with Crippen molar-refractivity contribution in [3.05, 3.63) is 11.9 Å². The first-order valence-electron chi connectivity index (χ1n) is 7.83. The Hall–Kier alpha value is -0.970. The molecule has 1 saturated carbocycles. The SMILES string of the molecule is CCCNc1cc(NCC2CCCS2)nc(C2CC2)n1. The van der Waals surface area contributed by atoms with Gasteiger partial charge in [0, 0.05) is 30.3 Å². The molecular weight excluding hydrogens is 268 g/mol. The van der Waals surface area contributed by atoms with Crippen molar-refractivity contribution in [3.8, 4) is 0 Å². The van der Waals surface area contributed by atoms with Crippen molar-refractivity contribution >= 4 is 23.4 Å². The Morgan fingerprint density at radius 1 is 1.20 bits per heavy atom. The van der Waals surface area contributed by atoms with Crippen LogP contribution in [0, 0.1) is 0 Å². The van der Waals surface area contributed by atoms with Gasteiger partial charge >= 0.3 is 0 Å². The number of hydrogen-bond acceptors (Lipinski definition) is 5. The van der Waals surface area contributed by atoms with Crippen molar-refractivity contribution in [3.63, 3.8) is 0 Å². The first kappa shape index (κ1) is 14.0. The van der Waals surface area contributed by atoms with E-state index < -0.39 is 0 Å². The van der Waals surface area contributed by atoms with Crippen LogP contribution in [0.3, 0.4) is 0 Å². The predicted octanol–water partition coefficient (Wildman–Crippen LogP) is 3.48. The molecule has 1 aliphatic heterocycles. The summed E-state index contributed by atoms with van der Waals surface area (Å²) >= 11 is 2.08. The van der Waals surface area contributed by atoms with E-state index in [0.29, 0.717) is 5.92 Å². The highest BCUT2D eigenvalue weighted by molar-refractivity contribution is 8.00. The van der Waals surface area contributed by atoms with Crippen LogP contribution >= 0.6 is 11.8 Å². The van der Waals surface area contributed by atoms with Gasteiger partial charge in [-0.3, -0.25) is 0 Å². The molecule has 1 aromatic heterocycles. The number of thioether (sulfide) groups is 1. The molecule has 0 spiro atoms. The van der Waals surface area contributed by atoms with E-state index in [4.69, 9.17) is 4.98 Å². The number of nitrogens with zero attached hydrogens (tertiary/aromatic N) is 2. The number of aromatic nitrogens is 2. The summed E-state index contributed by atoms with van der Waals surface area (Å²) in [6.45, 7) is 4.17. The monoisotopic (exact) mass is 292 g/mol. The van der Waals surface area contributed by atoms with Gasteiger partial charge in [-0.25, -0.2) is 9.97 Å². The van der Waals surface area contributed by atoms with Crippen molar-refractivity contribution < 1.29 is 0 Å². The largest absolute Gasteiger partial charge is 0.370 e. The lowest BCUT2D eigenvalue weighted by molar-refractivity contribution is 0.801. The molecule has 2 N–H and O–H groups in total. The minimum absolute atomic E-state index is 0.597. The lowest BCUT2D eigenvalue weighted by atomic mass is 10.2. The third-order valence-electron chi connectivity index (χ3n) is 3.78. The van der Waals surface area contributed by atoms with Gasteiger partial charge in [0.25, 0.3) is 0 Å². The van der Waals surface area contributed by atoms with Crippen molar-refractivity contribution in [1.29, 1.82) is 0 Å². The molecular formula is C15H24N4S. The molecule has 4 nitrogen and oxygen atoms in total. The number of hydrogen-bond donors (Lipinski definition) is 2. The zero-order chi connectivity index (χ0) is 13.8. The van der Waals surface area contributed by atoms with E-state index >= 15 is 0 Å². The van der Waals surface area contributed by atoms with E-state index in [9.17, 15) is 0 Å². The normalized spacial score (nSPS) is 21.9. The van der Waals surface area contributed by atoms with Crippen LogP contribution in [0.1, 0.15) is 50.8 Å². The van der Waals surface area contributed by atoms with Crippen LogP contribution in [0.4, 0.5) is 11.6 Å². The zero-order valence-electron chi connectivity index (χ0n) is 12.2. The molecule has 20 heavy (non-hydrogen) atoms. The molecule has 1 aliphatic carbocycles. The molecule has 2 fully saturated rings. The minimum atomic E-state index is 0.597. The number of nitrogens with one attached hydrogen (secondary N) is 2. The maximum atomic E-state index is 4.69. The van der Waals surface area contributed by atoms with Gasteiger partial charge in [0.15, 0.2) is 0 Å². The summed E-state index contributed by atoms with van der Waals surface area (Å²) in [5, 5.41) is 7.66. The second-order valence-electron chi connectivity index (χ2n) is 5.71. The molecule has 1 aromatic rings. The van der Waals surface area contributed by atoms with Gasteiger partial charge < -0.3 is 10.6 Å². The highest BCUT2D eigenvalue weighted by Gasteiger charge is 2.27. The van der Waals surface area contributed by atoms with Gasteiger partial charge in [-0.15, -0.1) is 0 Å². The van der Waals surface area contributed by atoms with Gasteiger partial charge in [-0.2, -0.15) is 11.8 Å². The fraction of sp³-hybridized carbons (Fsp3) is 0.733. The summed E-state index contributed by atoms with van der Waals surface area (Å²) in [4.78, 5) is 9.34. The standard InChI is InChI=1S/C15H24N4S/c1-2-7-16-13-9-14(17-10-12-4-3-8-20-12)19-15(18-13)11-5-6-11/h9,11-12H,2-8,10H2,1H3,(H2,16,17,18,19). The molecule has 2 heterocycles. The lowest BCUT2D eigenvalue weighted by Gasteiger charge is -2.13. The highest BCUT2D eigenvalue weighted by atomic mass is 32.2. The average molecular weight is 292 g/mol. The Balaban J connectivity index is 1.65. The van der Waals surface area contributed by atoms with Gasteiger partial charge in [0.1, 0.15) is 17.5 Å². The Morgan fingerprint density at radius 2 is 2.00 bits per heavy atom. The van der Waals surface area contributed by atoms with Crippen molar-refractivity contribution in [2.24, 2.45) is 0 Å². The van der Waals surface area contributed by atoms with Crippen LogP contribution in [0.15, 0.2) is 6.07 Å². The Morgan fingerprint density at radius 3 is 2.65 bits per heavy atom. The summed E-state index contributed by atoms with van der Waals surface area (Å²) in [6.07, 6.45) is 6.30. The fourth-order valence-electron chi connectivity index (χ4n) is 2.45. The van der Waals surface area contributed by atoms with Crippen LogP contribution in [0.5, 0.6) is 0 Å². The Bertz CT molecular complexity index is 441. The molecule has 1 atom stereocenters. The first-order valence-corrected chi connectivity index (χ1v) is 8.88. The zero-order valence-corrected chi connectivity index (χ0v) is 13.0. The Kier molecular flexibility index (Phi) is 4.65. The summed E-state index contributed by atoms with van der Waals surface area (Å²) in [7, 11) is 0. The topological polar surface area (TPSA) is 49.8 Å². The van der Waals surface area contributed by atoms with Crippen LogP contribution in [-0.2, 0) is 0 Å². The van der Waals surface area contributed by atoms with E-state index in [2.05, 4.69) is 40.4 Å². The van der Waals surface area contributed by atoms with E-state index in [1.54, 1.807) is 0 Å². The van der Waals surface area contributed by atoms with Crippen molar-refractivity contribution in [2.75, 3.05) is 29.5 Å². The van der Waals surface area contributed by atoms with Gasteiger partial charge in [-0.1, -0.05) is 6.92 Å². The summed E-state index contributed by atoms with van der Waals surface area (Å²) in [6, 6.07) is 2.06. The van der Waals surface area contributed by atoms with Gasteiger partial charge in [0.05, 0.1) is 0 Å². The molecule has 110 valence electrons. The summed E-state index contributed by atoms with van der Waals surface area (Å²) in [5.41, 5.74) is 0. The summed E-state index contributed by atoms with van der Waals surface area (Å²) < 4.78 is 0. The molecule has 2 aliphatic rings. The van der Waals surface area contributed by atoms with E-state index in [1.807, 2.05) is 0 Å². The molecule has 0 radical (unpaired) electrons. The molecule has 5 heteroatoms.